The second-order valence-electron chi connectivity index (χ2n) is 9.04. The van der Waals surface area contributed by atoms with Gasteiger partial charge in [0.25, 0.3) is 0 Å². The normalized spacial score (nSPS) is 15.6. The van der Waals surface area contributed by atoms with E-state index >= 15 is 0 Å². The van der Waals surface area contributed by atoms with Crippen molar-refractivity contribution in [2.75, 3.05) is 4.90 Å². The van der Waals surface area contributed by atoms with E-state index in [1.54, 1.807) is 29.5 Å². The number of rotatable bonds is 4. The minimum Gasteiger partial charge on any atom is -0.383 e. The topological polar surface area (TPSA) is 64.3 Å². The number of Topliss-reactive ketones (excluding diaryl/α,β-unsaturated/α-hetero) is 1. The molecule has 0 amide bonds. The molecule has 1 aliphatic rings. The molecule has 5 aromatic rings. The summed E-state index contributed by atoms with van der Waals surface area (Å²) in [5.41, 5.74) is 5.35. The van der Waals surface area contributed by atoms with Crippen LogP contribution in [0.5, 0.6) is 0 Å². The fourth-order valence-corrected chi connectivity index (χ4v) is 5.92. The van der Waals surface area contributed by atoms with Crippen LogP contribution in [-0.4, -0.2) is 10.9 Å². The van der Waals surface area contributed by atoms with Gasteiger partial charge >= 0.3 is 0 Å². The van der Waals surface area contributed by atoms with E-state index in [-0.39, 0.29) is 5.78 Å². The lowest BCUT2D eigenvalue weighted by Gasteiger charge is -2.25. The number of fused-ring (bicyclic) bond motifs is 2. The third-order valence-corrected chi connectivity index (χ3v) is 7.82. The second-order valence-corrected chi connectivity index (χ2v) is 10.1. The van der Waals surface area contributed by atoms with Crippen molar-refractivity contribution in [1.29, 1.82) is 5.26 Å². The quantitative estimate of drug-likeness (QED) is 0.256. The molecule has 4 aromatic carbocycles. The summed E-state index contributed by atoms with van der Waals surface area (Å²) in [6, 6.07) is 33.5. The first-order valence-electron chi connectivity index (χ1n) is 12.0. The zero-order valence-electron chi connectivity index (χ0n) is 20.1. The molecule has 0 saturated heterocycles. The Balaban J connectivity index is 1.47. The van der Waals surface area contributed by atoms with Gasteiger partial charge in [-0.25, -0.2) is 0 Å². The molecule has 178 valence electrons. The van der Waals surface area contributed by atoms with Crippen LogP contribution >= 0.6 is 11.3 Å². The number of ketones is 1. The van der Waals surface area contributed by atoms with E-state index in [0.717, 1.165) is 26.6 Å². The Morgan fingerprint density at radius 3 is 2.38 bits per heavy atom. The zero-order valence-corrected chi connectivity index (χ0v) is 20.9. The van der Waals surface area contributed by atoms with Crippen molar-refractivity contribution in [3.05, 3.63) is 130 Å². The molecule has 0 saturated carbocycles. The van der Waals surface area contributed by atoms with Gasteiger partial charge in [0.05, 0.1) is 17.3 Å². The van der Waals surface area contributed by atoms with Gasteiger partial charge in [0.1, 0.15) is 11.1 Å². The van der Waals surface area contributed by atoms with Crippen LogP contribution in [0.25, 0.3) is 16.8 Å². The zero-order chi connectivity index (χ0) is 25.5. The number of aryl methyl sites for hydroxylation is 1. The van der Waals surface area contributed by atoms with Crippen LogP contribution in [0.2, 0.25) is 0 Å². The summed E-state index contributed by atoms with van der Waals surface area (Å²) in [5, 5.41) is 23.4. The van der Waals surface area contributed by atoms with Gasteiger partial charge in [-0.2, -0.15) is 5.26 Å². The summed E-state index contributed by atoms with van der Waals surface area (Å²) in [6.45, 7) is 2.11. The Morgan fingerprint density at radius 2 is 1.62 bits per heavy atom. The molecule has 4 nitrogen and oxygen atoms in total. The van der Waals surface area contributed by atoms with Gasteiger partial charge in [-0.15, -0.1) is 11.3 Å². The summed E-state index contributed by atoms with van der Waals surface area (Å²) in [5.74, 6) is -0.133. The number of nitriles is 1. The Kier molecular flexibility index (Phi) is 5.69. The number of anilines is 3. The second kappa shape index (κ2) is 9.18. The number of thiophene rings is 1. The molecule has 0 fully saturated rings. The van der Waals surface area contributed by atoms with Crippen molar-refractivity contribution in [1.82, 2.24) is 0 Å². The van der Waals surface area contributed by atoms with Crippen LogP contribution in [0.1, 0.15) is 38.0 Å². The maximum atomic E-state index is 13.0. The summed E-state index contributed by atoms with van der Waals surface area (Å²) in [6.07, 6.45) is 0.871. The SMILES string of the molecule is Cc1ccc(N(c2ccc(C#N)cc2)c2ccc(/C=C3/C(=O)c4ccccc4C3O)s2)c2ccccc12. The predicted octanol–water partition coefficient (Wildman–Crippen LogP) is 7.86. The highest BCUT2D eigenvalue weighted by atomic mass is 32.1. The minimum atomic E-state index is -0.926. The number of nitrogens with zero attached hydrogens (tertiary/aromatic N) is 2. The van der Waals surface area contributed by atoms with Crippen molar-refractivity contribution in [2.45, 2.75) is 13.0 Å². The van der Waals surface area contributed by atoms with E-state index in [1.165, 1.54) is 10.9 Å². The lowest BCUT2D eigenvalue weighted by Crippen LogP contribution is -2.09. The van der Waals surface area contributed by atoms with E-state index in [1.807, 2.05) is 60.7 Å². The summed E-state index contributed by atoms with van der Waals surface area (Å²) >= 11 is 1.54. The van der Waals surface area contributed by atoms with Crippen LogP contribution in [0.4, 0.5) is 16.4 Å². The molecular weight excluding hydrogens is 476 g/mol. The minimum absolute atomic E-state index is 0.133. The van der Waals surface area contributed by atoms with E-state index < -0.39 is 6.10 Å². The van der Waals surface area contributed by atoms with E-state index in [9.17, 15) is 15.2 Å². The number of carbonyl (C=O) groups is 1. The predicted molar refractivity (Wildman–Crippen MR) is 150 cm³/mol. The Morgan fingerprint density at radius 1 is 0.892 bits per heavy atom. The Bertz CT molecular complexity index is 1740. The number of hydrogen-bond acceptors (Lipinski definition) is 5. The van der Waals surface area contributed by atoms with Crippen LogP contribution in [-0.2, 0) is 0 Å². The molecule has 1 aliphatic carbocycles. The Hall–Kier alpha value is -4.50. The molecule has 0 radical (unpaired) electrons. The number of aliphatic hydroxyl groups excluding tert-OH is 1. The third kappa shape index (κ3) is 3.93. The van der Waals surface area contributed by atoms with Crippen molar-refractivity contribution in [2.24, 2.45) is 0 Å². The van der Waals surface area contributed by atoms with Gasteiger partial charge in [-0.05, 0) is 72.0 Å². The maximum absolute atomic E-state index is 13.0. The summed E-state index contributed by atoms with van der Waals surface area (Å²) < 4.78 is 0. The molecule has 0 aliphatic heterocycles. The summed E-state index contributed by atoms with van der Waals surface area (Å²) in [4.78, 5) is 16.0. The standard InChI is InChI=1S/C32H22N2O2S/c1-20-10-16-29(25-7-3-2-6-24(20)25)34(22-13-11-21(19-33)12-14-22)30-17-15-23(37-30)18-28-31(35)26-8-4-5-9-27(26)32(28)36/h2-18,31,35H,1H3/b28-18+. The van der Waals surface area contributed by atoms with Gasteiger partial charge in [-0.3, -0.25) is 4.79 Å². The fraction of sp³-hybridized carbons (Fsp3) is 0.0625. The molecule has 1 unspecified atom stereocenters. The first kappa shape index (κ1) is 22.9. The molecule has 0 bridgehead atoms. The molecule has 37 heavy (non-hydrogen) atoms. The van der Waals surface area contributed by atoms with E-state index in [0.29, 0.717) is 22.3 Å². The largest absolute Gasteiger partial charge is 0.383 e. The molecule has 1 aromatic heterocycles. The first-order chi connectivity index (χ1) is 18.0. The number of benzene rings is 4. The van der Waals surface area contributed by atoms with Crippen LogP contribution in [0.3, 0.4) is 0 Å². The van der Waals surface area contributed by atoms with Crippen LogP contribution in [0, 0.1) is 18.3 Å². The monoisotopic (exact) mass is 498 g/mol. The van der Waals surface area contributed by atoms with Crippen LogP contribution < -0.4 is 4.90 Å². The molecule has 6 rings (SSSR count). The maximum Gasteiger partial charge on any atom is 0.192 e. The van der Waals surface area contributed by atoms with E-state index in [4.69, 9.17) is 0 Å². The average Bonchev–Trinajstić information content (AvgIpc) is 3.49. The highest BCUT2D eigenvalue weighted by Gasteiger charge is 2.33. The van der Waals surface area contributed by atoms with Crippen molar-refractivity contribution in [3.63, 3.8) is 0 Å². The van der Waals surface area contributed by atoms with Crippen molar-refractivity contribution in [3.8, 4) is 6.07 Å². The fourth-order valence-electron chi connectivity index (χ4n) is 4.93. The van der Waals surface area contributed by atoms with Gasteiger partial charge < -0.3 is 10.0 Å². The highest BCUT2D eigenvalue weighted by molar-refractivity contribution is 7.17. The van der Waals surface area contributed by atoms with Gasteiger partial charge in [0.2, 0.25) is 0 Å². The molecule has 1 N–H and O–H groups in total. The van der Waals surface area contributed by atoms with Gasteiger partial charge in [0, 0.05) is 27.1 Å². The molecule has 0 spiro atoms. The lowest BCUT2D eigenvalue weighted by atomic mass is 10.0. The highest BCUT2D eigenvalue weighted by Crippen LogP contribution is 2.44. The number of carbonyl (C=O) groups excluding carboxylic acids is 1. The molecule has 1 atom stereocenters. The van der Waals surface area contributed by atoms with Gasteiger partial charge in [0.15, 0.2) is 5.78 Å². The van der Waals surface area contributed by atoms with Crippen molar-refractivity contribution < 1.29 is 9.90 Å². The van der Waals surface area contributed by atoms with Crippen molar-refractivity contribution >= 4 is 50.3 Å². The molecular formula is C32H22N2O2S. The third-order valence-electron chi connectivity index (χ3n) is 6.80. The van der Waals surface area contributed by atoms with E-state index in [2.05, 4.69) is 42.2 Å². The van der Waals surface area contributed by atoms with Gasteiger partial charge in [-0.1, -0.05) is 54.6 Å². The molecule has 5 heteroatoms. The summed E-state index contributed by atoms with van der Waals surface area (Å²) in [7, 11) is 0. The number of hydrogen-bond donors (Lipinski definition) is 1. The molecule has 1 heterocycles. The van der Waals surface area contributed by atoms with Crippen LogP contribution in [0.15, 0.2) is 103 Å². The smallest absolute Gasteiger partial charge is 0.192 e. The lowest BCUT2D eigenvalue weighted by molar-refractivity contribution is 0.102. The number of aliphatic hydroxyl groups is 1. The Labute approximate surface area is 219 Å². The average molecular weight is 499 g/mol. The first-order valence-corrected chi connectivity index (χ1v) is 12.8.